The molecule has 2 rings (SSSR count). The minimum absolute atomic E-state index is 0.247. The second-order valence-electron chi connectivity index (χ2n) is 4.16. The molecule has 94 valence electrons. The number of alkyl halides is 3. The van der Waals surface area contributed by atoms with Gasteiger partial charge in [0.1, 0.15) is 0 Å². The second-order valence-corrected chi connectivity index (χ2v) is 4.16. The van der Waals surface area contributed by atoms with Crippen LogP contribution in [0, 0.1) is 0 Å². The van der Waals surface area contributed by atoms with Gasteiger partial charge in [-0.25, -0.2) is 0 Å². The fraction of sp³-hybridized carbons (Fsp3) is 0.545. The highest BCUT2D eigenvalue weighted by atomic mass is 19.4. The van der Waals surface area contributed by atoms with Crippen LogP contribution in [0.4, 0.5) is 13.2 Å². The highest BCUT2D eigenvalue weighted by Crippen LogP contribution is 2.35. The number of hydrogen-bond acceptors (Lipinski definition) is 3. The molecule has 0 aromatic carbocycles. The molecule has 1 aliphatic heterocycles. The Bertz CT molecular complexity index is 392. The first-order valence-corrected chi connectivity index (χ1v) is 5.42. The van der Waals surface area contributed by atoms with Crippen molar-refractivity contribution in [3.63, 3.8) is 0 Å². The Morgan fingerprint density at radius 2 is 2.24 bits per heavy atom. The number of likely N-dealkylation sites (N-methyl/N-ethyl adjacent to an activating group) is 1. The molecule has 3 nitrogen and oxygen atoms in total. The minimum atomic E-state index is -4.35. The van der Waals surface area contributed by atoms with Crippen molar-refractivity contribution in [1.82, 2.24) is 15.2 Å². The first-order chi connectivity index (χ1) is 8.00. The molecule has 17 heavy (non-hydrogen) atoms. The lowest BCUT2D eigenvalue weighted by Crippen LogP contribution is -2.44. The molecule has 1 fully saturated rings. The van der Waals surface area contributed by atoms with Gasteiger partial charge in [-0.1, -0.05) is 0 Å². The van der Waals surface area contributed by atoms with Gasteiger partial charge in [0.05, 0.1) is 5.56 Å². The Labute approximate surface area is 97.6 Å². The predicted molar refractivity (Wildman–Crippen MR) is 57.5 cm³/mol. The molecule has 1 atom stereocenters. The summed E-state index contributed by atoms with van der Waals surface area (Å²) in [5.74, 6) is 0. The van der Waals surface area contributed by atoms with Gasteiger partial charge >= 0.3 is 6.18 Å². The third-order valence-electron chi connectivity index (χ3n) is 3.03. The van der Waals surface area contributed by atoms with Crippen LogP contribution < -0.4 is 5.32 Å². The summed E-state index contributed by atoms with van der Waals surface area (Å²) in [6, 6.07) is 1.21. The largest absolute Gasteiger partial charge is 0.418 e. The van der Waals surface area contributed by atoms with Crippen LogP contribution >= 0.6 is 0 Å². The van der Waals surface area contributed by atoms with Gasteiger partial charge in [0.15, 0.2) is 0 Å². The molecule has 0 aliphatic carbocycles. The molecule has 0 amide bonds. The quantitative estimate of drug-likeness (QED) is 0.816. The van der Waals surface area contributed by atoms with Crippen molar-refractivity contribution in [2.24, 2.45) is 0 Å². The van der Waals surface area contributed by atoms with Crippen LogP contribution in [0.5, 0.6) is 0 Å². The molecular formula is C11H14F3N3. The highest BCUT2D eigenvalue weighted by molar-refractivity contribution is 5.30. The van der Waals surface area contributed by atoms with Crippen LogP contribution in [0.25, 0.3) is 0 Å². The summed E-state index contributed by atoms with van der Waals surface area (Å²) in [7, 11) is 1.84. The van der Waals surface area contributed by atoms with E-state index >= 15 is 0 Å². The molecule has 0 spiro atoms. The van der Waals surface area contributed by atoms with E-state index in [0.717, 1.165) is 19.3 Å². The maximum Gasteiger partial charge on any atom is 0.418 e. The highest BCUT2D eigenvalue weighted by Gasteiger charge is 2.36. The topological polar surface area (TPSA) is 28.2 Å². The van der Waals surface area contributed by atoms with Crippen molar-refractivity contribution in [2.45, 2.75) is 12.2 Å². The molecule has 1 aliphatic rings. The Balaban J connectivity index is 2.37. The first-order valence-electron chi connectivity index (χ1n) is 5.42. The van der Waals surface area contributed by atoms with E-state index in [1.165, 1.54) is 12.3 Å². The van der Waals surface area contributed by atoms with Gasteiger partial charge in [-0.05, 0) is 18.7 Å². The molecule has 0 saturated carbocycles. The Morgan fingerprint density at radius 1 is 1.47 bits per heavy atom. The first kappa shape index (κ1) is 12.3. The third kappa shape index (κ3) is 2.58. The number of rotatable bonds is 1. The molecule has 1 aromatic rings. The zero-order valence-corrected chi connectivity index (χ0v) is 9.46. The lowest BCUT2D eigenvalue weighted by molar-refractivity contribution is -0.139. The van der Waals surface area contributed by atoms with Gasteiger partial charge in [-0.15, -0.1) is 0 Å². The van der Waals surface area contributed by atoms with Gasteiger partial charge in [-0.3, -0.25) is 9.88 Å². The van der Waals surface area contributed by atoms with Crippen molar-refractivity contribution in [3.05, 3.63) is 29.6 Å². The summed E-state index contributed by atoms with van der Waals surface area (Å²) in [6.45, 7) is 2.08. The van der Waals surface area contributed by atoms with E-state index in [2.05, 4.69) is 10.3 Å². The van der Waals surface area contributed by atoms with E-state index in [4.69, 9.17) is 0 Å². The lowest BCUT2D eigenvalue weighted by atomic mass is 9.99. The fourth-order valence-corrected chi connectivity index (χ4v) is 2.09. The average molecular weight is 245 g/mol. The van der Waals surface area contributed by atoms with Gasteiger partial charge in [0, 0.05) is 38.1 Å². The van der Waals surface area contributed by atoms with Crippen LogP contribution in [-0.4, -0.2) is 36.6 Å². The predicted octanol–water partition coefficient (Wildman–Crippen LogP) is 1.68. The maximum atomic E-state index is 12.9. The van der Waals surface area contributed by atoms with Crippen LogP contribution in [0.2, 0.25) is 0 Å². The SMILES string of the molecule is CN1CCNCC1c1ccncc1C(F)(F)F. The standard InChI is InChI=1S/C11H14F3N3/c1-17-5-4-16-7-10(17)8-2-3-15-6-9(8)11(12,13)14/h2-3,6,10,16H,4-5,7H2,1H3. The Kier molecular flexibility index (Phi) is 3.35. The summed E-state index contributed by atoms with van der Waals surface area (Å²) in [6.07, 6.45) is -2.04. The van der Waals surface area contributed by atoms with Crippen LogP contribution in [0.15, 0.2) is 18.5 Å². The summed E-state index contributed by atoms with van der Waals surface area (Å²) >= 11 is 0. The maximum absolute atomic E-state index is 12.9. The number of piperazine rings is 1. The van der Waals surface area contributed by atoms with Gasteiger partial charge in [0.25, 0.3) is 0 Å². The van der Waals surface area contributed by atoms with Gasteiger partial charge in [-0.2, -0.15) is 13.2 Å². The van der Waals surface area contributed by atoms with Crippen molar-refractivity contribution in [1.29, 1.82) is 0 Å². The molecule has 1 unspecified atom stereocenters. The monoisotopic (exact) mass is 245 g/mol. The fourth-order valence-electron chi connectivity index (χ4n) is 2.09. The number of hydrogen-bond donors (Lipinski definition) is 1. The van der Waals surface area contributed by atoms with Crippen molar-refractivity contribution in [2.75, 3.05) is 26.7 Å². The zero-order chi connectivity index (χ0) is 12.5. The van der Waals surface area contributed by atoms with E-state index in [-0.39, 0.29) is 6.04 Å². The third-order valence-corrected chi connectivity index (χ3v) is 3.03. The number of aromatic nitrogens is 1. The number of halogens is 3. The molecule has 1 aromatic heterocycles. The Morgan fingerprint density at radius 3 is 2.88 bits per heavy atom. The number of pyridine rings is 1. The summed E-state index contributed by atoms with van der Waals surface area (Å²) in [4.78, 5) is 5.50. The molecule has 1 saturated heterocycles. The lowest BCUT2D eigenvalue weighted by Gasteiger charge is -2.34. The van der Waals surface area contributed by atoms with Gasteiger partial charge in [0.2, 0.25) is 0 Å². The van der Waals surface area contributed by atoms with Crippen molar-refractivity contribution < 1.29 is 13.2 Å². The molecular weight excluding hydrogens is 231 g/mol. The normalized spacial score (nSPS) is 22.7. The summed E-state index contributed by atoms with van der Waals surface area (Å²) in [5, 5.41) is 3.11. The summed E-state index contributed by atoms with van der Waals surface area (Å²) in [5.41, 5.74) is -0.345. The average Bonchev–Trinajstić information content (AvgIpc) is 2.28. The van der Waals surface area contributed by atoms with Gasteiger partial charge < -0.3 is 5.32 Å². The Hall–Kier alpha value is -1.14. The number of nitrogens with zero attached hydrogens (tertiary/aromatic N) is 2. The minimum Gasteiger partial charge on any atom is -0.314 e. The van der Waals surface area contributed by atoms with E-state index in [9.17, 15) is 13.2 Å². The van der Waals surface area contributed by atoms with Crippen LogP contribution in [-0.2, 0) is 6.18 Å². The molecule has 0 radical (unpaired) electrons. The molecule has 1 N–H and O–H groups in total. The van der Waals surface area contributed by atoms with E-state index in [0.29, 0.717) is 12.1 Å². The van der Waals surface area contributed by atoms with E-state index in [1.807, 2.05) is 11.9 Å². The number of nitrogens with one attached hydrogen (secondary N) is 1. The second kappa shape index (κ2) is 4.62. The summed E-state index contributed by atoms with van der Waals surface area (Å²) < 4.78 is 38.6. The van der Waals surface area contributed by atoms with Crippen molar-refractivity contribution >= 4 is 0 Å². The zero-order valence-electron chi connectivity index (χ0n) is 9.46. The van der Waals surface area contributed by atoms with Crippen LogP contribution in [0.3, 0.4) is 0 Å². The molecule has 0 bridgehead atoms. The van der Waals surface area contributed by atoms with E-state index < -0.39 is 11.7 Å². The molecule has 6 heteroatoms. The van der Waals surface area contributed by atoms with Crippen molar-refractivity contribution in [3.8, 4) is 0 Å². The molecule has 2 heterocycles. The smallest absolute Gasteiger partial charge is 0.314 e. The van der Waals surface area contributed by atoms with Crippen LogP contribution in [0.1, 0.15) is 17.2 Å². The van der Waals surface area contributed by atoms with E-state index in [1.54, 1.807) is 0 Å².